The van der Waals surface area contributed by atoms with E-state index >= 15 is 0 Å². The highest BCUT2D eigenvalue weighted by Gasteiger charge is 2.48. The summed E-state index contributed by atoms with van der Waals surface area (Å²) in [6, 6.07) is 13.1. The number of thiazole rings is 1. The zero-order valence-corrected chi connectivity index (χ0v) is 22.8. The van der Waals surface area contributed by atoms with Crippen LogP contribution < -0.4 is 9.64 Å². The van der Waals surface area contributed by atoms with Crippen LogP contribution in [0.3, 0.4) is 0 Å². The lowest BCUT2D eigenvalue weighted by molar-refractivity contribution is -0.132. The Morgan fingerprint density at radius 2 is 1.82 bits per heavy atom. The molecule has 39 heavy (non-hydrogen) atoms. The molecule has 1 aromatic heterocycles. The summed E-state index contributed by atoms with van der Waals surface area (Å²) in [6.45, 7) is 7.85. The number of anilines is 1. The molecular weight excluding hydrogens is 522 g/mol. The largest absolute Gasteiger partial charge is 0.507 e. The predicted molar refractivity (Wildman–Crippen MR) is 147 cm³/mol. The molecule has 0 aliphatic carbocycles. The molecule has 0 radical (unpaired) electrons. The highest BCUT2D eigenvalue weighted by atomic mass is 32.1. The third-order valence-corrected chi connectivity index (χ3v) is 7.69. The average Bonchev–Trinajstić information content (AvgIpc) is 3.41. The van der Waals surface area contributed by atoms with Crippen molar-refractivity contribution in [1.29, 1.82) is 0 Å². The Hall–Kier alpha value is -4.11. The number of halogens is 2. The summed E-state index contributed by atoms with van der Waals surface area (Å²) in [7, 11) is 1.56. The fraction of sp³-hybridized carbons (Fsp3) is 0.233. The van der Waals surface area contributed by atoms with E-state index in [1.807, 2.05) is 33.8 Å². The maximum atomic E-state index is 14.5. The molecule has 1 atom stereocenters. The van der Waals surface area contributed by atoms with Crippen LogP contribution in [0.1, 0.15) is 49.1 Å². The number of carbonyl (C=O) groups excluding carboxylic acids is 2. The van der Waals surface area contributed by atoms with Crippen LogP contribution in [0.15, 0.2) is 60.2 Å². The minimum Gasteiger partial charge on any atom is -0.507 e. The number of Topliss-reactive ketones (excluding diaryl/α,β-unsaturated/α-hetero) is 1. The van der Waals surface area contributed by atoms with Gasteiger partial charge < -0.3 is 9.84 Å². The lowest BCUT2D eigenvalue weighted by Gasteiger charge is -2.24. The maximum Gasteiger partial charge on any atom is 0.301 e. The highest BCUT2D eigenvalue weighted by molar-refractivity contribution is 7.22. The molecule has 1 fully saturated rings. The first-order chi connectivity index (χ1) is 18.4. The molecule has 5 rings (SSSR count). The molecule has 1 unspecified atom stereocenters. The number of amides is 1. The second-order valence-electron chi connectivity index (χ2n) is 10.5. The molecule has 9 heteroatoms. The van der Waals surface area contributed by atoms with E-state index in [1.54, 1.807) is 43.5 Å². The first-order valence-corrected chi connectivity index (χ1v) is 13.0. The monoisotopic (exact) mass is 548 g/mol. The molecule has 3 aromatic carbocycles. The van der Waals surface area contributed by atoms with Gasteiger partial charge in [0, 0.05) is 17.2 Å². The first-order valence-electron chi connectivity index (χ1n) is 12.2. The maximum absolute atomic E-state index is 14.5. The van der Waals surface area contributed by atoms with Gasteiger partial charge in [-0.25, -0.2) is 13.8 Å². The number of benzene rings is 3. The van der Waals surface area contributed by atoms with Gasteiger partial charge in [0.15, 0.2) is 10.9 Å². The van der Waals surface area contributed by atoms with E-state index in [1.165, 1.54) is 0 Å². The number of methoxy groups -OCH3 is 1. The van der Waals surface area contributed by atoms with Gasteiger partial charge in [0.1, 0.15) is 22.8 Å². The Kier molecular flexibility index (Phi) is 6.50. The Balaban J connectivity index is 1.75. The third-order valence-electron chi connectivity index (χ3n) is 6.69. The molecule has 1 aliphatic rings. The number of ketones is 1. The van der Waals surface area contributed by atoms with Gasteiger partial charge in [-0.1, -0.05) is 61.9 Å². The van der Waals surface area contributed by atoms with E-state index in [4.69, 9.17) is 4.74 Å². The number of rotatable bonds is 4. The number of aryl methyl sites for hydroxylation is 1. The number of carbonyl (C=O) groups is 2. The summed E-state index contributed by atoms with van der Waals surface area (Å²) >= 11 is 0.893. The fourth-order valence-corrected chi connectivity index (χ4v) is 5.86. The summed E-state index contributed by atoms with van der Waals surface area (Å²) in [5.74, 6) is -3.20. The molecule has 1 amide bonds. The average molecular weight is 549 g/mol. The molecule has 2 heterocycles. The van der Waals surface area contributed by atoms with Crippen molar-refractivity contribution in [1.82, 2.24) is 4.98 Å². The van der Waals surface area contributed by atoms with Gasteiger partial charge >= 0.3 is 5.91 Å². The SMILES string of the molecule is COc1ccc(/C(O)=C2\C(=O)C(=O)N(c3nc4c(F)cc(F)cc4s3)C2c2cccc(C)c2)cc1C(C)(C)C. The number of aliphatic hydroxyl groups excluding tert-OH is 1. The lowest BCUT2D eigenvalue weighted by atomic mass is 9.84. The van der Waals surface area contributed by atoms with Crippen molar-refractivity contribution in [2.75, 3.05) is 12.0 Å². The summed E-state index contributed by atoms with van der Waals surface area (Å²) in [5, 5.41) is 11.6. The van der Waals surface area contributed by atoms with Gasteiger partial charge in [-0.15, -0.1) is 0 Å². The van der Waals surface area contributed by atoms with Crippen LogP contribution in [0.4, 0.5) is 13.9 Å². The Morgan fingerprint density at radius 1 is 1.08 bits per heavy atom. The second-order valence-corrected chi connectivity index (χ2v) is 11.5. The van der Waals surface area contributed by atoms with Crippen molar-refractivity contribution in [3.63, 3.8) is 0 Å². The van der Waals surface area contributed by atoms with Crippen LogP contribution >= 0.6 is 11.3 Å². The van der Waals surface area contributed by atoms with Crippen LogP contribution in [0.2, 0.25) is 0 Å². The zero-order chi connectivity index (χ0) is 28.2. The standard InChI is InChI=1S/C30H26F2N2O4S/c1-15-7-6-8-16(11-15)25-23(26(35)17-9-10-21(38-5)19(12-17)30(2,3)4)27(36)28(37)34(25)29-33-24-20(32)13-18(31)14-22(24)39-29/h6-14,25,35H,1-5H3/b26-23+. The molecule has 200 valence electrons. The Labute approximate surface area is 228 Å². The van der Waals surface area contributed by atoms with Crippen molar-refractivity contribution in [2.24, 2.45) is 0 Å². The van der Waals surface area contributed by atoms with Crippen LogP contribution in [-0.4, -0.2) is 28.9 Å². The summed E-state index contributed by atoms with van der Waals surface area (Å²) < 4.78 is 34.1. The van der Waals surface area contributed by atoms with Gasteiger partial charge in [-0.3, -0.25) is 14.5 Å². The molecule has 6 nitrogen and oxygen atoms in total. The Morgan fingerprint density at radius 3 is 2.49 bits per heavy atom. The molecule has 1 saturated heterocycles. The van der Waals surface area contributed by atoms with Crippen LogP contribution in [0.25, 0.3) is 16.0 Å². The van der Waals surface area contributed by atoms with E-state index in [0.29, 0.717) is 22.9 Å². The quantitative estimate of drug-likeness (QED) is 0.172. The predicted octanol–water partition coefficient (Wildman–Crippen LogP) is 6.82. The first kappa shape index (κ1) is 26.5. The lowest BCUT2D eigenvalue weighted by Crippen LogP contribution is -2.29. The van der Waals surface area contributed by atoms with Gasteiger partial charge in [0.25, 0.3) is 5.78 Å². The highest BCUT2D eigenvalue weighted by Crippen LogP contribution is 2.45. The van der Waals surface area contributed by atoms with Crippen LogP contribution in [0, 0.1) is 18.6 Å². The van der Waals surface area contributed by atoms with Gasteiger partial charge in [0.05, 0.1) is 23.4 Å². The molecule has 1 aliphatic heterocycles. The second kappa shape index (κ2) is 9.57. The minimum absolute atomic E-state index is 0.0206. The Bertz CT molecular complexity index is 1690. The topological polar surface area (TPSA) is 79.7 Å². The number of aromatic nitrogens is 1. The van der Waals surface area contributed by atoms with E-state index < -0.39 is 29.4 Å². The molecule has 1 N–H and O–H groups in total. The van der Waals surface area contributed by atoms with Gasteiger partial charge in [0.2, 0.25) is 0 Å². The number of hydrogen-bond donors (Lipinski definition) is 1. The number of hydrogen-bond acceptors (Lipinski definition) is 6. The van der Waals surface area contributed by atoms with Gasteiger partial charge in [-0.2, -0.15) is 0 Å². The summed E-state index contributed by atoms with van der Waals surface area (Å²) in [5.41, 5.74) is 2.01. The van der Waals surface area contributed by atoms with Crippen molar-refractivity contribution in [2.45, 2.75) is 39.2 Å². The van der Waals surface area contributed by atoms with Crippen LogP contribution in [0.5, 0.6) is 5.75 Å². The number of ether oxygens (including phenoxy) is 1. The van der Waals surface area contributed by atoms with Gasteiger partial charge in [-0.05, 0) is 42.2 Å². The van der Waals surface area contributed by atoms with Crippen molar-refractivity contribution in [3.8, 4) is 5.75 Å². The van der Waals surface area contributed by atoms with Crippen molar-refractivity contribution >= 4 is 44.1 Å². The normalized spacial score (nSPS) is 17.3. The molecule has 0 bridgehead atoms. The third kappa shape index (κ3) is 4.57. The number of aliphatic hydroxyl groups is 1. The molecule has 0 saturated carbocycles. The minimum atomic E-state index is -1.04. The fourth-order valence-electron chi connectivity index (χ4n) is 4.83. The van der Waals surface area contributed by atoms with E-state index in [9.17, 15) is 23.5 Å². The molecule has 0 spiro atoms. The van der Waals surface area contributed by atoms with Crippen molar-refractivity contribution in [3.05, 3.63) is 94.1 Å². The zero-order valence-electron chi connectivity index (χ0n) is 22.0. The van der Waals surface area contributed by atoms with E-state index in [-0.39, 0.29) is 32.1 Å². The van der Waals surface area contributed by atoms with E-state index in [2.05, 4.69) is 4.98 Å². The van der Waals surface area contributed by atoms with Crippen LogP contribution in [-0.2, 0) is 15.0 Å². The smallest absolute Gasteiger partial charge is 0.301 e. The summed E-state index contributed by atoms with van der Waals surface area (Å²) in [6.07, 6.45) is 0. The number of nitrogens with zero attached hydrogens (tertiary/aromatic N) is 2. The van der Waals surface area contributed by atoms with E-state index in [0.717, 1.165) is 33.4 Å². The van der Waals surface area contributed by atoms with Crippen molar-refractivity contribution < 1.29 is 28.2 Å². The summed E-state index contributed by atoms with van der Waals surface area (Å²) in [4.78, 5) is 32.4. The molecular formula is C30H26F2N2O4S. The number of fused-ring (bicyclic) bond motifs is 1. The molecule has 4 aromatic rings.